The van der Waals surface area contributed by atoms with Crippen molar-refractivity contribution in [1.29, 1.82) is 0 Å². The summed E-state index contributed by atoms with van der Waals surface area (Å²) < 4.78 is -2.74. The smallest absolute Gasteiger partial charge is 0.0573 e. The number of thioether (sulfide) groups is 1. The molecule has 0 amide bonds. The Balaban J connectivity index is 5.18. The lowest BCUT2D eigenvalue weighted by atomic mass is 9.99. The lowest BCUT2D eigenvalue weighted by molar-refractivity contribution is -0.309. The first-order valence-corrected chi connectivity index (χ1v) is 14.1. The summed E-state index contributed by atoms with van der Waals surface area (Å²) in [5.74, 6) is -2.54. The largest absolute Gasteiger partial charge is 0.549 e. The number of carbonyl (C=O) groups is 2. The van der Waals surface area contributed by atoms with Crippen LogP contribution in [-0.2, 0) is 9.59 Å². The quantitative estimate of drug-likeness (QED) is 0.203. The van der Waals surface area contributed by atoms with Gasteiger partial charge >= 0.3 is 0 Å². The van der Waals surface area contributed by atoms with Gasteiger partial charge in [-0.05, 0) is 52.4 Å². The number of aliphatic carboxylic acids is 2. The average Bonchev–Trinajstić information content (AvgIpc) is 2.71. The van der Waals surface area contributed by atoms with Crippen LogP contribution in [0.4, 0.5) is 0 Å². The van der Waals surface area contributed by atoms with Crippen LogP contribution in [0.3, 0.4) is 0 Å². The lowest BCUT2D eigenvalue weighted by Gasteiger charge is -2.41. The Labute approximate surface area is 215 Å². The molecule has 6 unspecified atom stereocenters. The van der Waals surface area contributed by atoms with Crippen molar-refractivity contribution in [3.05, 3.63) is 0 Å². The molecule has 0 fully saturated rings. The Kier molecular flexibility index (Phi) is 15.9. The minimum Gasteiger partial charge on any atom is -0.549 e. The normalized spacial score (nSPS) is 19.6. The molecule has 0 N–H and O–H groups in total. The Bertz CT molecular complexity index is 504. The molecule has 0 radical (unpaired) electrons. The zero-order chi connectivity index (χ0) is 24.2. The molecule has 0 rings (SSSR count). The van der Waals surface area contributed by atoms with E-state index in [0.29, 0.717) is 12.8 Å². The molecule has 0 aliphatic carbocycles. The summed E-state index contributed by atoms with van der Waals surface area (Å²) in [7, 11) is 0. The van der Waals surface area contributed by atoms with Gasteiger partial charge in [-0.2, -0.15) is 50.5 Å². The summed E-state index contributed by atoms with van der Waals surface area (Å²) >= 11 is 19.3. The van der Waals surface area contributed by atoms with Crippen LogP contribution in [-0.4, -0.2) is 42.4 Å². The number of thiol groups is 4. The van der Waals surface area contributed by atoms with Gasteiger partial charge in [-0.25, -0.2) is 0 Å². The Hall–Kier alpha value is 0.690. The monoisotopic (exact) mass is 528 g/mol. The average molecular weight is 529 g/mol. The van der Waals surface area contributed by atoms with Crippen molar-refractivity contribution in [1.82, 2.24) is 0 Å². The summed E-state index contributed by atoms with van der Waals surface area (Å²) in [6, 6.07) is 0. The van der Waals surface area contributed by atoms with Gasteiger partial charge < -0.3 is 19.8 Å². The molecule has 9 heteroatoms. The molecule has 0 aromatic heterocycles. The third kappa shape index (κ3) is 11.6. The molecule has 0 aliphatic rings. The maximum absolute atomic E-state index is 12.0. The zero-order valence-corrected chi connectivity index (χ0v) is 23.6. The van der Waals surface area contributed by atoms with Gasteiger partial charge in [-0.1, -0.05) is 39.5 Å². The molecule has 0 aliphatic heterocycles. The van der Waals surface area contributed by atoms with Crippen molar-refractivity contribution in [2.75, 3.05) is 0 Å². The van der Waals surface area contributed by atoms with Gasteiger partial charge in [0.05, 0.1) is 21.4 Å². The summed E-state index contributed by atoms with van der Waals surface area (Å²) in [4.78, 5) is 24.0. The van der Waals surface area contributed by atoms with Crippen molar-refractivity contribution < 1.29 is 19.8 Å². The van der Waals surface area contributed by atoms with Crippen LogP contribution < -0.4 is 10.2 Å². The Morgan fingerprint density at radius 3 is 1.26 bits per heavy atom. The van der Waals surface area contributed by atoms with E-state index in [4.69, 9.17) is 0 Å². The van der Waals surface area contributed by atoms with Crippen LogP contribution in [0.25, 0.3) is 0 Å². The number of carboxylic acid groups (broad SMARTS) is 2. The van der Waals surface area contributed by atoms with Crippen LogP contribution >= 0.6 is 62.3 Å². The van der Waals surface area contributed by atoms with Gasteiger partial charge in [0.25, 0.3) is 0 Å². The fraction of sp³-hybridized carbons (Fsp3) is 0.909. The molecule has 6 atom stereocenters. The van der Waals surface area contributed by atoms with Gasteiger partial charge in [-0.15, -0.1) is 11.8 Å². The molecule has 31 heavy (non-hydrogen) atoms. The van der Waals surface area contributed by atoms with E-state index in [9.17, 15) is 19.8 Å². The van der Waals surface area contributed by atoms with E-state index in [0.717, 1.165) is 50.3 Å². The molecular weight excluding hydrogens is 489 g/mol. The fourth-order valence-electron chi connectivity index (χ4n) is 3.33. The van der Waals surface area contributed by atoms with Crippen LogP contribution in [0, 0.1) is 0 Å². The number of rotatable bonds is 18. The third-order valence-electron chi connectivity index (χ3n) is 5.74. The highest BCUT2D eigenvalue weighted by Gasteiger charge is 2.39. The van der Waals surface area contributed by atoms with Crippen LogP contribution in [0.2, 0.25) is 0 Å². The highest BCUT2D eigenvalue weighted by molar-refractivity contribution is 8.03. The van der Waals surface area contributed by atoms with E-state index in [1.807, 2.05) is 0 Å². The van der Waals surface area contributed by atoms with Gasteiger partial charge in [0, 0.05) is 21.0 Å². The lowest BCUT2D eigenvalue weighted by Crippen LogP contribution is -2.52. The van der Waals surface area contributed by atoms with E-state index in [1.54, 1.807) is 0 Å². The number of hydrogen-bond donors (Lipinski definition) is 4. The number of unbranched alkanes of at least 4 members (excludes halogenated alkanes) is 2. The molecule has 0 heterocycles. The van der Waals surface area contributed by atoms with Gasteiger partial charge in [0.15, 0.2) is 0 Å². The first kappa shape index (κ1) is 31.7. The van der Waals surface area contributed by atoms with Crippen molar-refractivity contribution in [2.24, 2.45) is 0 Å². The molecule has 184 valence electrons. The van der Waals surface area contributed by atoms with E-state index in [1.165, 1.54) is 13.8 Å². The first-order chi connectivity index (χ1) is 14.3. The minimum absolute atomic E-state index is 0.0622. The highest BCUT2D eigenvalue weighted by atomic mass is 32.2. The van der Waals surface area contributed by atoms with Gasteiger partial charge in [0.1, 0.15) is 0 Å². The predicted octanol–water partition coefficient (Wildman–Crippen LogP) is 3.87. The molecule has 0 spiro atoms. The van der Waals surface area contributed by atoms with Crippen molar-refractivity contribution in [3.63, 3.8) is 0 Å². The second kappa shape index (κ2) is 15.6. The first-order valence-electron chi connectivity index (χ1n) is 11.2. The zero-order valence-electron chi connectivity index (χ0n) is 19.2. The van der Waals surface area contributed by atoms with E-state index in [-0.39, 0.29) is 33.8 Å². The topological polar surface area (TPSA) is 80.3 Å². The standard InChI is InChI=1S/C22H42O4S5/c1-5-7-9-15(27)17(29)11-13-21(3,19(23)24)31-22(4,20(25)26)14-12-18(30)16(28)10-8-6-2/h15-18,27-30H,5-14H2,1-4H3,(H,23,24)(H,25,26)/p-2. The predicted molar refractivity (Wildman–Crippen MR) is 143 cm³/mol. The van der Waals surface area contributed by atoms with Gasteiger partial charge in [0.2, 0.25) is 0 Å². The summed E-state index contributed by atoms with van der Waals surface area (Å²) in [6.07, 6.45) is 7.52. The van der Waals surface area contributed by atoms with Crippen LogP contribution in [0.5, 0.6) is 0 Å². The van der Waals surface area contributed by atoms with Gasteiger partial charge in [-0.3, -0.25) is 0 Å². The molecule has 0 saturated carbocycles. The molecule has 4 nitrogen and oxygen atoms in total. The van der Waals surface area contributed by atoms with Crippen molar-refractivity contribution in [2.45, 2.75) is 122 Å². The number of carboxylic acids is 2. The molecule has 0 bridgehead atoms. The SMILES string of the molecule is CCCCC(S)C(S)CCC(C)(SC(C)(CCC(S)C(S)CCCC)C(=O)[O-])C(=O)[O-]. The second-order valence-corrected chi connectivity index (χ2v) is 13.4. The molecule has 0 aromatic carbocycles. The molecule has 0 saturated heterocycles. The minimum atomic E-state index is -1.37. The maximum atomic E-state index is 12.0. The van der Waals surface area contributed by atoms with Crippen LogP contribution in [0.15, 0.2) is 0 Å². The molecule has 0 aromatic rings. The second-order valence-electron chi connectivity index (χ2n) is 8.77. The number of carbonyl (C=O) groups excluding carboxylic acids is 2. The van der Waals surface area contributed by atoms with Crippen molar-refractivity contribution >= 4 is 74.2 Å². The molecular formula is C22H40O4S5-2. The van der Waals surface area contributed by atoms with E-state index in [2.05, 4.69) is 64.4 Å². The third-order valence-corrected chi connectivity index (χ3v) is 10.3. The Morgan fingerprint density at radius 1 is 0.710 bits per heavy atom. The maximum Gasteiger partial charge on any atom is 0.0573 e. The summed E-state index contributed by atoms with van der Waals surface area (Å²) in [5, 5.41) is 24.0. The van der Waals surface area contributed by atoms with E-state index < -0.39 is 21.4 Å². The summed E-state index contributed by atoms with van der Waals surface area (Å²) in [6.45, 7) is 7.28. The van der Waals surface area contributed by atoms with E-state index >= 15 is 0 Å². The number of hydrogen-bond acceptors (Lipinski definition) is 9. The van der Waals surface area contributed by atoms with Crippen molar-refractivity contribution in [3.8, 4) is 0 Å². The van der Waals surface area contributed by atoms with Crippen LogP contribution in [0.1, 0.15) is 91.9 Å². The fourth-order valence-corrected chi connectivity index (χ4v) is 6.15. The Morgan fingerprint density at radius 2 is 1.00 bits per heavy atom. The summed E-state index contributed by atoms with van der Waals surface area (Å²) in [5.41, 5.74) is 0. The highest BCUT2D eigenvalue weighted by Crippen LogP contribution is 2.43.